The van der Waals surface area contributed by atoms with Gasteiger partial charge < -0.3 is 10.2 Å². The smallest absolute Gasteiger partial charge is 0.244 e. The van der Waals surface area contributed by atoms with Crippen LogP contribution in [0.15, 0.2) is 24.5 Å². The largest absolute Gasteiger partial charge is 0.313 e. The molecule has 2 aliphatic rings. The number of hydrogen-bond acceptors (Lipinski definition) is 3. The predicted molar refractivity (Wildman–Crippen MR) is 70.3 cm³/mol. The average Bonchev–Trinajstić information content (AvgIpc) is 3.00. The molecule has 1 aromatic rings. The minimum atomic E-state index is 0.00251. The summed E-state index contributed by atoms with van der Waals surface area (Å²) in [7, 11) is 1.84. The third-order valence-corrected chi connectivity index (χ3v) is 4.38. The van der Waals surface area contributed by atoms with Gasteiger partial charge in [0.25, 0.3) is 0 Å². The van der Waals surface area contributed by atoms with Crippen LogP contribution in [0, 0.1) is 11.8 Å². The highest BCUT2D eigenvalue weighted by atomic mass is 16.2. The Morgan fingerprint density at radius 1 is 1.50 bits per heavy atom. The zero-order chi connectivity index (χ0) is 12.5. The van der Waals surface area contributed by atoms with Crippen molar-refractivity contribution in [3.63, 3.8) is 0 Å². The minimum absolute atomic E-state index is 0.00251. The molecule has 4 nitrogen and oxygen atoms in total. The number of amides is 1. The second-order valence-corrected chi connectivity index (χ2v) is 5.35. The van der Waals surface area contributed by atoms with Crippen LogP contribution < -0.4 is 10.2 Å². The van der Waals surface area contributed by atoms with Gasteiger partial charge in [-0.15, -0.1) is 0 Å². The van der Waals surface area contributed by atoms with Gasteiger partial charge in [-0.25, -0.2) is 0 Å². The normalized spacial score (nSPS) is 30.2. The summed E-state index contributed by atoms with van der Waals surface area (Å²) >= 11 is 0. The number of likely N-dealkylation sites (N-methyl/N-ethyl adjacent to an activating group) is 1. The molecule has 1 aliphatic carbocycles. The van der Waals surface area contributed by atoms with Crippen LogP contribution in [0.2, 0.25) is 0 Å². The van der Waals surface area contributed by atoms with E-state index < -0.39 is 0 Å². The Balaban J connectivity index is 1.75. The standard InChI is InChI=1S/C14H19N3O/c1-17(11-5-3-7-15-9-11)14(18)13-12-6-2-4-10(12)8-16-13/h3,5,7,9-10,12-13,16H,2,4,6,8H2,1H3. The molecule has 1 saturated heterocycles. The number of pyridine rings is 1. The number of anilines is 1. The summed E-state index contributed by atoms with van der Waals surface area (Å²) in [6.07, 6.45) is 7.20. The molecular weight excluding hydrogens is 226 g/mol. The summed E-state index contributed by atoms with van der Waals surface area (Å²) in [4.78, 5) is 18.3. The van der Waals surface area contributed by atoms with Crippen molar-refractivity contribution < 1.29 is 4.79 Å². The number of carbonyl (C=O) groups is 1. The van der Waals surface area contributed by atoms with Crippen LogP contribution in [0.5, 0.6) is 0 Å². The number of aromatic nitrogens is 1. The third kappa shape index (κ3) is 1.90. The molecule has 3 rings (SSSR count). The lowest BCUT2D eigenvalue weighted by molar-refractivity contribution is -0.120. The van der Waals surface area contributed by atoms with Crippen molar-refractivity contribution in [3.8, 4) is 0 Å². The highest BCUT2D eigenvalue weighted by Crippen LogP contribution is 2.38. The van der Waals surface area contributed by atoms with Crippen LogP contribution in [0.4, 0.5) is 5.69 Å². The molecule has 18 heavy (non-hydrogen) atoms. The van der Waals surface area contributed by atoms with E-state index in [1.165, 1.54) is 19.3 Å². The van der Waals surface area contributed by atoms with Crippen LogP contribution in [0.25, 0.3) is 0 Å². The van der Waals surface area contributed by atoms with E-state index in [1.54, 1.807) is 17.3 Å². The first kappa shape index (κ1) is 11.7. The Hall–Kier alpha value is -1.42. The molecule has 1 saturated carbocycles. The number of nitrogens with one attached hydrogen (secondary N) is 1. The lowest BCUT2D eigenvalue weighted by Gasteiger charge is -2.24. The van der Waals surface area contributed by atoms with Crippen LogP contribution in [0.3, 0.4) is 0 Å². The Kier molecular flexibility index (Phi) is 3.04. The van der Waals surface area contributed by atoms with Gasteiger partial charge >= 0.3 is 0 Å². The van der Waals surface area contributed by atoms with Crippen molar-refractivity contribution in [2.75, 3.05) is 18.5 Å². The van der Waals surface area contributed by atoms with Gasteiger partial charge in [0, 0.05) is 13.2 Å². The lowest BCUT2D eigenvalue weighted by atomic mass is 9.93. The first-order chi connectivity index (χ1) is 8.77. The van der Waals surface area contributed by atoms with E-state index in [2.05, 4.69) is 10.3 Å². The highest BCUT2D eigenvalue weighted by Gasteiger charge is 2.43. The first-order valence-electron chi connectivity index (χ1n) is 6.68. The zero-order valence-electron chi connectivity index (χ0n) is 10.7. The monoisotopic (exact) mass is 245 g/mol. The predicted octanol–water partition coefficient (Wildman–Crippen LogP) is 1.43. The van der Waals surface area contributed by atoms with E-state index in [9.17, 15) is 4.79 Å². The van der Waals surface area contributed by atoms with Gasteiger partial charge in [0.15, 0.2) is 0 Å². The summed E-state index contributed by atoms with van der Waals surface area (Å²) in [6, 6.07) is 3.79. The van der Waals surface area contributed by atoms with Gasteiger partial charge in [-0.2, -0.15) is 0 Å². The summed E-state index contributed by atoms with van der Waals surface area (Å²) < 4.78 is 0. The number of nitrogens with zero attached hydrogens (tertiary/aromatic N) is 2. The van der Waals surface area contributed by atoms with Crippen molar-refractivity contribution in [1.29, 1.82) is 0 Å². The number of hydrogen-bond donors (Lipinski definition) is 1. The molecule has 1 aliphatic heterocycles. The molecule has 3 atom stereocenters. The van der Waals surface area contributed by atoms with Crippen LogP contribution in [0.1, 0.15) is 19.3 Å². The molecule has 2 heterocycles. The Labute approximate surface area is 107 Å². The minimum Gasteiger partial charge on any atom is -0.313 e. The van der Waals surface area contributed by atoms with Gasteiger partial charge in [0.05, 0.1) is 17.9 Å². The Bertz CT molecular complexity index is 434. The van der Waals surface area contributed by atoms with Gasteiger partial charge in [-0.1, -0.05) is 6.42 Å². The molecule has 1 N–H and O–H groups in total. The molecule has 0 spiro atoms. The van der Waals surface area contributed by atoms with E-state index in [0.717, 1.165) is 12.2 Å². The molecule has 4 heteroatoms. The molecule has 2 fully saturated rings. The summed E-state index contributed by atoms with van der Waals surface area (Å²) in [5.41, 5.74) is 0.866. The molecule has 96 valence electrons. The van der Waals surface area contributed by atoms with Crippen molar-refractivity contribution in [2.24, 2.45) is 11.8 Å². The lowest BCUT2D eigenvalue weighted by Crippen LogP contribution is -2.44. The van der Waals surface area contributed by atoms with E-state index in [-0.39, 0.29) is 11.9 Å². The van der Waals surface area contributed by atoms with Gasteiger partial charge in [0.2, 0.25) is 5.91 Å². The molecule has 0 aromatic carbocycles. The number of fused-ring (bicyclic) bond motifs is 1. The fourth-order valence-corrected chi connectivity index (χ4v) is 3.35. The maximum absolute atomic E-state index is 12.5. The van der Waals surface area contributed by atoms with E-state index in [1.807, 2.05) is 19.2 Å². The Morgan fingerprint density at radius 3 is 3.17 bits per heavy atom. The molecule has 1 amide bonds. The molecule has 0 radical (unpaired) electrons. The topological polar surface area (TPSA) is 45.2 Å². The fraction of sp³-hybridized carbons (Fsp3) is 0.571. The van der Waals surface area contributed by atoms with Gasteiger partial charge in [0.1, 0.15) is 0 Å². The number of carbonyl (C=O) groups excluding carboxylic acids is 1. The highest BCUT2D eigenvalue weighted by molar-refractivity contribution is 5.97. The van der Waals surface area contributed by atoms with Crippen molar-refractivity contribution in [2.45, 2.75) is 25.3 Å². The quantitative estimate of drug-likeness (QED) is 0.857. The average molecular weight is 245 g/mol. The van der Waals surface area contributed by atoms with Crippen LogP contribution in [-0.4, -0.2) is 30.5 Å². The van der Waals surface area contributed by atoms with Crippen LogP contribution >= 0.6 is 0 Å². The van der Waals surface area contributed by atoms with Crippen LogP contribution in [-0.2, 0) is 4.79 Å². The van der Waals surface area contributed by atoms with Crippen molar-refractivity contribution >= 4 is 11.6 Å². The van der Waals surface area contributed by atoms with Gasteiger partial charge in [-0.3, -0.25) is 9.78 Å². The molecule has 1 aromatic heterocycles. The zero-order valence-corrected chi connectivity index (χ0v) is 10.7. The molecular formula is C14H19N3O. The van der Waals surface area contributed by atoms with E-state index in [0.29, 0.717) is 11.8 Å². The summed E-state index contributed by atoms with van der Waals surface area (Å²) in [5, 5.41) is 3.40. The maximum atomic E-state index is 12.5. The van der Waals surface area contributed by atoms with Crippen molar-refractivity contribution in [3.05, 3.63) is 24.5 Å². The number of rotatable bonds is 2. The Morgan fingerprint density at radius 2 is 2.39 bits per heavy atom. The molecule has 3 unspecified atom stereocenters. The summed E-state index contributed by atoms with van der Waals surface area (Å²) in [6.45, 7) is 1.00. The maximum Gasteiger partial charge on any atom is 0.244 e. The first-order valence-corrected chi connectivity index (χ1v) is 6.68. The van der Waals surface area contributed by atoms with E-state index in [4.69, 9.17) is 0 Å². The second-order valence-electron chi connectivity index (χ2n) is 5.35. The summed E-state index contributed by atoms with van der Waals surface area (Å²) in [5.74, 6) is 1.43. The van der Waals surface area contributed by atoms with Gasteiger partial charge in [-0.05, 0) is 43.4 Å². The third-order valence-electron chi connectivity index (χ3n) is 4.38. The SMILES string of the molecule is CN(C(=O)C1NCC2CCCC21)c1cccnc1. The van der Waals surface area contributed by atoms with Crippen molar-refractivity contribution in [1.82, 2.24) is 10.3 Å². The second kappa shape index (κ2) is 4.69. The molecule has 0 bridgehead atoms. The van der Waals surface area contributed by atoms with E-state index >= 15 is 0 Å². The fourth-order valence-electron chi connectivity index (χ4n) is 3.35.